The topological polar surface area (TPSA) is 41.5 Å². The van der Waals surface area contributed by atoms with Crippen molar-refractivity contribution < 1.29 is 4.79 Å². The normalized spacial score (nSPS) is 20.6. The van der Waals surface area contributed by atoms with E-state index < -0.39 is 0 Å². The molecule has 0 aliphatic carbocycles. The highest BCUT2D eigenvalue weighted by Crippen LogP contribution is 2.13. The minimum Gasteiger partial charge on any atom is -0.309 e. The van der Waals surface area contributed by atoms with Crippen LogP contribution in [0.15, 0.2) is 29.3 Å². The van der Waals surface area contributed by atoms with Crippen LogP contribution in [-0.4, -0.2) is 17.8 Å². The van der Waals surface area contributed by atoms with Crippen LogP contribution in [0.25, 0.3) is 0 Å². The molecule has 0 bridgehead atoms. The number of amidine groups is 1. The van der Waals surface area contributed by atoms with Gasteiger partial charge >= 0.3 is 0 Å². The molecule has 14 heavy (non-hydrogen) atoms. The standard InChI is InChI=1S/C10H9ClN2O/c1-6-10(14)13-9(12-6)7-3-2-4-8(11)5-7/h2-6H,1H3,(H,12,13,14). The van der Waals surface area contributed by atoms with Crippen molar-refractivity contribution in [2.45, 2.75) is 13.0 Å². The summed E-state index contributed by atoms with van der Waals surface area (Å²) in [4.78, 5) is 15.4. The maximum absolute atomic E-state index is 11.2. The number of nitrogens with zero attached hydrogens (tertiary/aromatic N) is 1. The summed E-state index contributed by atoms with van der Waals surface area (Å²) in [5, 5.41) is 3.34. The molecule has 1 atom stereocenters. The number of aliphatic imine (C=N–C) groups is 1. The average Bonchev–Trinajstić information content (AvgIpc) is 2.47. The van der Waals surface area contributed by atoms with E-state index in [0.717, 1.165) is 5.56 Å². The Labute approximate surface area is 86.8 Å². The van der Waals surface area contributed by atoms with Crippen molar-refractivity contribution >= 4 is 23.3 Å². The van der Waals surface area contributed by atoms with E-state index in [9.17, 15) is 4.79 Å². The van der Waals surface area contributed by atoms with Gasteiger partial charge in [0.05, 0.1) is 0 Å². The summed E-state index contributed by atoms with van der Waals surface area (Å²) < 4.78 is 0. The van der Waals surface area contributed by atoms with Gasteiger partial charge in [-0.1, -0.05) is 23.7 Å². The lowest BCUT2D eigenvalue weighted by Gasteiger charge is -2.00. The summed E-state index contributed by atoms with van der Waals surface area (Å²) in [6.07, 6.45) is 0. The third-order valence-corrected chi connectivity index (χ3v) is 2.28. The average molecular weight is 209 g/mol. The van der Waals surface area contributed by atoms with Crippen molar-refractivity contribution in [1.82, 2.24) is 5.32 Å². The summed E-state index contributed by atoms with van der Waals surface area (Å²) in [5.74, 6) is 0.532. The quantitative estimate of drug-likeness (QED) is 0.749. The zero-order valence-corrected chi connectivity index (χ0v) is 8.38. The van der Waals surface area contributed by atoms with Gasteiger partial charge in [-0.3, -0.25) is 9.79 Å². The molecule has 4 heteroatoms. The van der Waals surface area contributed by atoms with Gasteiger partial charge in [0.15, 0.2) is 0 Å². The Hall–Kier alpha value is -1.35. The smallest absolute Gasteiger partial charge is 0.250 e. The lowest BCUT2D eigenvalue weighted by molar-refractivity contribution is -0.119. The van der Waals surface area contributed by atoms with Crippen molar-refractivity contribution in [3.8, 4) is 0 Å². The Morgan fingerprint density at radius 3 is 2.86 bits per heavy atom. The van der Waals surface area contributed by atoms with Gasteiger partial charge in [0.2, 0.25) is 5.91 Å². The van der Waals surface area contributed by atoms with Crippen LogP contribution in [0.2, 0.25) is 5.02 Å². The number of carbonyl (C=O) groups is 1. The Kier molecular flexibility index (Phi) is 2.25. The number of benzene rings is 1. The first-order valence-electron chi connectivity index (χ1n) is 4.31. The fourth-order valence-electron chi connectivity index (χ4n) is 1.29. The first-order chi connectivity index (χ1) is 6.66. The van der Waals surface area contributed by atoms with Crippen LogP contribution in [0.5, 0.6) is 0 Å². The van der Waals surface area contributed by atoms with E-state index in [4.69, 9.17) is 11.6 Å². The largest absolute Gasteiger partial charge is 0.309 e. The van der Waals surface area contributed by atoms with E-state index in [1.54, 1.807) is 19.1 Å². The van der Waals surface area contributed by atoms with Crippen LogP contribution in [-0.2, 0) is 4.79 Å². The second-order valence-electron chi connectivity index (χ2n) is 3.15. The van der Waals surface area contributed by atoms with Gasteiger partial charge in [0.25, 0.3) is 0 Å². The lowest BCUT2D eigenvalue weighted by atomic mass is 10.2. The van der Waals surface area contributed by atoms with Gasteiger partial charge in [-0.15, -0.1) is 0 Å². The van der Waals surface area contributed by atoms with Crippen molar-refractivity contribution in [3.63, 3.8) is 0 Å². The van der Waals surface area contributed by atoms with Crippen LogP contribution < -0.4 is 5.32 Å². The van der Waals surface area contributed by atoms with Gasteiger partial charge in [0.1, 0.15) is 11.9 Å². The molecule has 0 saturated carbocycles. The molecule has 0 saturated heterocycles. The minimum atomic E-state index is -0.302. The zero-order valence-electron chi connectivity index (χ0n) is 7.62. The number of carbonyl (C=O) groups excluding carboxylic acids is 1. The highest BCUT2D eigenvalue weighted by Gasteiger charge is 2.22. The summed E-state index contributed by atoms with van der Waals surface area (Å²) in [5.41, 5.74) is 0.843. The molecule has 0 fully saturated rings. The third-order valence-electron chi connectivity index (χ3n) is 2.04. The van der Waals surface area contributed by atoms with Gasteiger partial charge < -0.3 is 5.32 Å². The number of amides is 1. The molecule has 1 N–H and O–H groups in total. The van der Waals surface area contributed by atoms with Crippen LogP contribution in [0.3, 0.4) is 0 Å². The molecule has 1 heterocycles. The van der Waals surface area contributed by atoms with Crippen LogP contribution >= 0.6 is 11.6 Å². The molecule has 1 aliphatic rings. The predicted molar refractivity (Wildman–Crippen MR) is 55.6 cm³/mol. The summed E-state index contributed by atoms with van der Waals surface area (Å²) in [6, 6.07) is 6.95. The first-order valence-corrected chi connectivity index (χ1v) is 4.69. The van der Waals surface area contributed by atoms with E-state index in [2.05, 4.69) is 10.3 Å². The SMILES string of the molecule is CC1N=C(c2cccc(Cl)c2)NC1=O. The maximum Gasteiger partial charge on any atom is 0.250 e. The Morgan fingerprint density at radius 2 is 2.29 bits per heavy atom. The Balaban J connectivity index is 2.33. The minimum absolute atomic E-state index is 0.0695. The number of hydrogen-bond acceptors (Lipinski definition) is 2. The molecule has 0 spiro atoms. The fourth-order valence-corrected chi connectivity index (χ4v) is 1.48. The molecule has 2 rings (SSSR count). The van der Waals surface area contributed by atoms with Gasteiger partial charge in [0, 0.05) is 10.6 Å². The van der Waals surface area contributed by atoms with Gasteiger partial charge in [-0.25, -0.2) is 0 Å². The first kappa shape index (κ1) is 9.21. The van der Waals surface area contributed by atoms with E-state index in [-0.39, 0.29) is 11.9 Å². The van der Waals surface area contributed by atoms with E-state index >= 15 is 0 Å². The van der Waals surface area contributed by atoms with Crippen LogP contribution in [0.4, 0.5) is 0 Å². The number of nitrogens with one attached hydrogen (secondary N) is 1. The van der Waals surface area contributed by atoms with E-state index in [1.807, 2.05) is 12.1 Å². The molecule has 0 aromatic heterocycles. The monoisotopic (exact) mass is 208 g/mol. The van der Waals surface area contributed by atoms with Crippen molar-refractivity contribution in [1.29, 1.82) is 0 Å². The van der Waals surface area contributed by atoms with Crippen molar-refractivity contribution in [3.05, 3.63) is 34.9 Å². The van der Waals surface area contributed by atoms with Crippen LogP contribution in [0, 0.1) is 0 Å². The second kappa shape index (κ2) is 3.42. The molecule has 1 aliphatic heterocycles. The molecule has 1 unspecified atom stereocenters. The molecular formula is C10H9ClN2O. The number of halogens is 1. The fraction of sp³-hybridized carbons (Fsp3) is 0.200. The van der Waals surface area contributed by atoms with E-state index in [0.29, 0.717) is 10.9 Å². The second-order valence-corrected chi connectivity index (χ2v) is 3.59. The maximum atomic E-state index is 11.2. The highest BCUT2D eigenvalue weighted by atomic mass is 35.5. The molecule has 1 aromatic carbocycles. The summed E-state index contributed by atoms with van der Waals surface area (Å²) in [6.45, 7) is 1.76. The van der Waals surface area contributed by atoms with E-state index in [1.165, 1.54) is 0 Å². The van der Waals surface area contributed by atoms with Crippen LogP contribution in [0.1, 0.15) is 12.5 Å². The third kappa shape index (κ3) is 1.63. The molecule has 3 nitrogen and oxygen atoms in total. The van der Waals surface area contributed by atoms with Gasteiger partial charge in [-0.05, 0) is 19.1 Å². The number of rotatable bonds is 1. The lowest BCUT2D eigenvalue weighted by Crippen LogP contribution is -2.27. The Bertz CT molecular complexity index is 414. The Morgan fingerprint density at radius 1 is 1.50 bits per heavy atom. The summed E-state index contributed by atoms with van der Waals surface area (Å²) >= 11 is 5.83. The number of hydrogen-bond donors (Lipinski definition) is 1. The van der Waals surface area contributed by atoms with Crippen molar-refractivity contribution in [2.24, 2.45) is 4.99 Å². The highest BCUT2D eigenvalue weighted by molar-refractivity contribution is 6.31. The van der Waals surface area contributed by atoms with Crippen molar-refractivity contribution in [2.75, 3.05) is 0 Å². The predicted octanol–water partition coefficient (Wildman–Crippen LogP) is 1.60. The molecule has 72 valence electrons. The van der Waals surface area contributed by atoms with Gasteiger partial charge in [-0.2, -0.15) is 0 Å². The molecule has 0 radical (unpaired) electrons. The molecule has 1 aromatic rings. The zero-order chi connectivity index (χ0) is 10.1. The molecular weight excluding hydrogens is 200 g/mol. The summed E-state index contributed by atoms with van der Waals surface area (Å²) in [7, 11) is 0. The molecule has 1 amide bonds.